The van der Waals surface area contributed by atoms with Crippen LogP contribution in [-0.2, 0) is 5.41 Å². The number of carbonyl (C=O) groups excluding carboxylic acids is 1. The number of hydrogen-bond acceptors (Lipinski definition) is 3. The second-order valence-electron chi connectivity index (χ2n) is 5.56. The van der Waals surface area contributed by atoms with Crippen molar-refractivity contribution in [1.82, 2.24) is 5.32 Å². The molecule has 1 heterocycles. The van der Waals surface area contributed by atoms with E-state index >= 15 is 0 Å². The molecule has 1 aromatic heterocycles. The van der Waals surface area contributed by atoms with Gasteiger partial charge in [-0.05, 0) is 36.6 Å². The average Bonchev–Trinajstić information content (AvgIpc) is 3.10. The lowest BCUT2D eigenvalue weighted by Crippen LogP contribution is -2.32. The maximum absolute atomic E-state index is 13.9. The zero-order valence-corrected chi connectivity index (χ0v) is 11.9. The summed E-state index contributed by atoms with van der Waals surface area (Å²) in [6.45, 7) is 0.164. The largest absolute Gasteiger partial charge is 0.475 e. The predicted molar refractivity (Wildman–Crippen MR) is 75.3 cm³/mol. The van der Waals surface area contributed by atoms with Crippen LogP contribution >= 0.6 is 0 Å². The number of nitrogens with one attached hydrogen (secondary N) is 1. The van der Waals surface area contributed by atoms with Crippen molar-refractivity contribution >= 4 is 11.9 Å². The number of furan rings is 1. The lowest BCUT2D eigenvalue weighted by atomic mass is 9.95. The molecule has 0 spiro atoms. The zero-order valence-electron chi connectivity index (χ0n) is 11.9. The van der Waals surface area contributed by atoms with Gasteiger partial charge in [0.25, 0.3) is 5.91 Å². The third-order valence-electron chi connectivity index (χ3n) is 3.98. The molecule has 0 aliphatic heterocycles. The van der Waals surface area contributed by atoms with Crippen LogP contribution in [0.25, 0.3) is 0 Å². The molecule has 7 heteroatoms. The molecule has 1 amide bonds. The summed E-state index contributed by atoms with van der Waals surface area (Å²) in [6, 6.07) is 5.84. The minimum atomic E-state index is -1.27. The first-order chi connectivity index (χ1) is 10.9. The van der Waals surface area contributed by atoms with E-state index in [9.17, 15) is 18.4 Å². The molecular weight excluding hydrogens is 308 g/mol. The molecule has 5 nitrogen and oxygen atoms in total. The number of carbonyl (C=O) groups is 2. The molecule has 1 aromatic carbocycles. The van der Waals surface area contributed by atoms with Crippen LogP contribution in [0.4, 0.5) is 8.78 Å². The molecule has 1 saturated carbocycles. The smallest absolute Gasteiger partial charge is 0.371 e. The van der Waals surface area contributed by atoms with Gasteiger partial charge in [0.15, 0.2) is 5.76 Å². The fraction of sp³-hybridized carbons (Fsp3) is 0.250. The quantitative estimate of drug-likeness (QED) is 0.887. The minimum Gasteiger partial charge on any atom is -0.475 e. The van der Waals surface area contributed by atoms with E-state index in [0.717, 1.165) is 6.07 Å². The number of hydrogen-bond donors (Lipinski definition) is 2. The Bertz CT molecular complexity index is 780. The summed E-state index contributed by atoms with van der Waals surface area (Å²) in [5.74, 6) is -3.59. The summed E-state index contributed by atoms with van der Waals surface area (Å²) in [7, 11) is 0. The molecule has 0 radical (unpaired) electrons. The second-order valence-corrected chi connectivity index (χ2v) is 5.56. The third kappa shape index (κ3) is 2.94. The van der Waals surface area contributed by atoms with Crippen molar-refractivity contribution in [3.8, 4) is 0 Å². The molecule has 0 saturated heterocycles. The van der Waals surface area contributed by atoms with Gasteiger partial charge in [0.1, 0.15) is 11.6 Å². The van der Waals surface area contributed by atoms with Crippen molar-refractivity contribution in [2.75, 3.05) is 6.54 Å². The first kappa shape index (κ1) is 15.2. The number of amides is 1. The Morgan fingerprint density at radius 1 is 1.17 bits per heavy atom. The van der Waals surface area contributed by atoms with E-state index in [1.54, 1.807) is 0 Å². The van der Waals surface area contributed by atoms with Gasteiger partial charge >= 0.3 is 5.97 Å². The van der Waals surface area contributed by atoms with Gasteiger partial charge in [0, 0.05) is 18.0 Å². The van der Waals surface area contributed by atoms with Crippen molar-refractivity contribution in [1.29, 1.82) is 0 Å². The Hall–Kier alpha value is -2.70. The fourth-order valence-electron chi connectivity index (χ4n) is 2.52. The van der Waals surface area contributed by atoms with Gasteiger partial charge in [0.05, 0.1) is 0 Å². The van der Waals surface area contributed by atoms with Gasteiger partial charge in [-0.15, -0.1) is 0 Å². The molecule has 0 atom stereocenters. The zero-order chi connectivity index (χ0) is 16.6. The third-order valence-corrected chi connectivity index (χ3v) is 3.98. The minimum absolute atomic E-state index is 0.127. The monoisotopic (exact) mass is 321 g/mol. The highest BCUT2D eigenvalue weighted by atomic mass is 19.1. The van der Waals surface area contributed by atoms with E-state index in [4.69, 9.17) is 9.52 Å². The van der Waals surface area contributed by atoms with Crippen LogP contribution in [0.1, 0.15) is 39.5 Å². The first-order valence-electron chi connectivity index (χ1n) is 6.98. The lowest BCUT2D eigenvalue weighted by Gasteiger charge is -2.17. The normalized spacial score (nSPS) is 15.2. The van der Waals surface area contributed by atoms with Crippen LogP contribution in [0, 0.1) is 11.6 Å². The molecule has 1 fully saturated rings. The van der Waals surface area contributed by atoms with Gasteiger partial charge in [-0.1, -0.05) is 6.07 Å². The summed E-state index contributed by atoms with van der Waals surface area (Å²) in [5, 5.41) is 11.4. The van der Waals surface area contributed by atoms with E-state index < -0.39 is 28.9 Å². The molecule has 2 N–H and O–H groups in total. The maximum atomic E-state index is 13.9. The topological polar surface area (TPSA) is 79.5 Å². The van der Waals surface area contributed by atoms with E-state index in [1.807, 2.05) is 0 Å². The molecule has 1 aliphatic rings. The van der Waals surface area contributed by atoms with E-state index in [-0.39, 0.29) is 18.1 Å². The van der Waals surface area contributed by atoms with E-state index in [2.05, 4.69) is 5.32 Å². The highest BCUT2D eigenvalue weighted by Gasteiger charge is 2.46. The molecule has 23 heavy (non-hydrogen) atoms. The number of carboxylic acids is 1. The number of rotatable bonds is 5. The van der Waals surface area contributed by atoms with Gasteiger partial charge in [-0.2, -0.15) is 0 Å². The molecule has 2 aromatic rings. The number of halogens is 2. The van der Waals surface area contributed by atoms with Gasteiger partial charge < -0.3 is 14.8 Å². The van der Waals surface area contributed by atoms with Crippen LogP contribution in [0.15, 0.2) is 34.7 Å². The Morgan fingerprint density at radius 2 is 1.87 bits per heavy atom. The predicted octanol–water partition coefficient (Wildman–Crippen LogP) is 2.72. The van der Waals surface area contributed by atoms with Crippen molar-refractivity contribution in [3.63, 3.8) is 0 Å². The summed E-state index contributed by atoms with van der Waals surface area (Å²) < 4.78 is 31.8. The molecule has 3 rings (SSSR count). The molecule has 1 aliphatic carbocycles. The molecule has 0 unspecified atom stereocenters. The SMILES string of the molecule is O=C(O)c1ccc(C(=O)NCC2(c3ccc(F)cc3F)CC2)o1. The molecular formula is C16H13F2NO4. The highest BCUT2D eigenvalue weighted by molar-refractivity contribution is 5.93. The molecule has 0 bridgehead atoms. The van der Waals surface area contributed by atoms with Gasteiger partial charge in [0.2, 0.25) is 5.76 Å². The van der Waals surface area contributed by atoms with Crippen molar-refractivity contribution in [2.45, 2.75) is 18.3 Å². The lowest BCUT2D eigenvalue weighted by molar-refractivity contribution is 0.0659. The van der Waals surface area contributed by atoms with Gasteiger partial charge in [-0.3, -0.25) is 4.79 Å². The van der Waals surface area contributed by atoms with Gasteiger partial charge in [-0.25, -0.2) is 13.6 Å². The summed E-state index contributed by atoms with van der Waals surface area (Å²) in [6.07, 6.45) is 1.35. The Balaban J connectivity index is 1.69. The molecule has 120 valence electrons. The van der Waals surface area contributed by atoms with Crippen LogP contribution in [0.3, 0.4) is 0 Å². The van der Waals surface area contributed by atoms with Crippen molar-refractivity contribution in [2.24, 2.45) is 0 Å². The number of carboxylic acid groups (broad SMARTS) is 1. The van der Waals surface area contributed by atoms with Crippen molar-refractivity contribution < 1.29 is 27.9 Å². The Morgan fingerprint density at radius 3 is 2.43 bits per heavy atom. The first-order valence-corrected chi connectivity index (χ1v) is 6.98. The standard InChI is InChI=1S/C16H13F2NO4/c17-9-1-2-10(11(18)7-9)16(5-6-16)8-19-14(20)12-3-4-13(23-12)15(21)22/h1-4,7H,5-6,8H2,(H,19,20)(H,21,22). The van der Waals surface area contributed by atoms with Crippen LogP contribution < -0.4 is 5.32 Å². The number of aromatic carboxylic acids is 1. The average molecular weight is 321 g/mol. The Kier molecular flexibility index (Phi) is 3.63. The van der Waals surface area contributed by atoms with Crippen LogP contribution in [0.2, 0.25) is 0 Å². The van der Waals surface area contributed by atoms with Crippen LogP contribution in [-0.4, -0.2) is 23.5 Å². The van der Waals surface area contributed by atoms with Crippen LogP contribution in [0.5, 0.6) is 0 Å². The summed E-state index contributed by atoms with van der Waals surface area (Å²) in [4.78, 5) is 22.7. The Labute approximate surface area is 129 Å². The van der Waals surface area contributed by atoms with Crippen molar-refractivity contribution in [3.05, 3.63) is 59.1 Å². The maximum Gasteiger partial charge on any atom is 0.371 e. The van der Waals surface area contributed by atoms with E-state index in [0.29, 0.717) is 18.4 Å². The highest BCUT2D eigenvalue weighted by Crippen LogP contribution is 2.48. The number of benzene rings is 1. The summed E-state index contributed by atoms with van der Waals surface area (Å²) in [5.41, 5.74) is -0.180. The van der Waals surface area contributed by atoms with E-state index in [1.165, 1.54) is 24.3 Å². The summed E-state index contributed by atoms with van der Waals surface area (Å²) >= 11 is 0. The second kappa shape index (κ2) is 5.49. The fourth-order valence-corrected chi connectivity index (χ4v) is 2.52.